The molecule has 0 N–H and O–H groups in total. The fraction of sp³-hybridized carbons (Fsp3) is 0.261. The predicted molar refractivity (Wildman–Crippen MR) is 110 cm³/mol. The Kier molecular flexibility index (Phi) is 6.12. The monoisotopic (exact) mass is 393 g/mol. The van der Waals surface area contributed by atoms with Crippen LogP contribution in [0.1, 0.15) is 25.0 Å². The summed E-state index contributed by atoms with van der Waals surface area (Å²) in [5.41, 5.74) is 0.454. The zero-order chi connectivity index (χ0) is 20.9. The van der Waals surface area contributed by atoms with Gasteiger partial charge < -0.3 is 14.2 Å². The molecule has 6 heteroatoms. The van der Waals surface area contributed by atoms with Gasteiger partial charge >= 0.3 is 11.9 Å². The first-order chi connectivity index (χ1) is 14.1. The van der Waals surface area contributed by atoms with E-state index in [1.807, 2.05) is 30.3 Å². The third-order valence-corrected chi connectivity index (χ3v) is 4.57. The molecule has 0 radical (unpaired) electrons. The highest BCUT2D eigenvalue weighted by molar-refractivity contribution is 6.28. The van der Waals surface area contributed by atoms with Crippen LogP contribution in [0.25, 0.3) is 5.57 Å². The summed E-state index contributed by atoms with van der Waals surface area (Å²) >= 11 is 0. The molecule has 2 aromatic carbocycles. The minimum Gasteiger partial charge on any atom is -0.497 e. The fourth-order valence-corrected chi connectivity index (χ4v) is 3.20. The normalized spacial score (nSPS) is 14.6. The van der Waals surface area contributed by atoms with E-state index >= 15 is 0 Å². The highest BCUT2D eigenvalue weighted by Crippen LogP contribution is 2.39. The third-order valence-electron chi connectivity index (χ3n) is 4.57. The van der Waals surface area contributed by atoms with Crippen molar-refractivity contribution in [1.82, 2.24) is 0 Å². The maximum atomic E-state index is 13.1. The average molecular weight is 393 g/mol. The largest absolute Gasteiger partial charge is 0.497 e. The van der Waals surface area contributed by atoms with Crippen LogP contribution < -0.4 is 4.74 Å². The van der Waals surface area contributed by atoms with Gasteiger partial charge in [-0.25, -0.2) is 9.59 Å². The number of nitrogens with zero attached hydrogens (tertiary/aromatic N) is 1. The van der Waals surface area contributed by atoms with Crippen LogP contribution in [0.5, 0.6) is 5.75 Å². The first kappa shape index (κ1) is 20.3. The molecule has 150 valence electrons. The number of benzene rings is 2. The first-order valence-electron chi connectivity index (χ1n) is 9.43. The highest BCUT2D eigenvalue weighted by Gasteiger charge is 2.55. The zero-order valence-electron chi connectivity index (χ0n) is 16.7. The average Bonchev–Trinajstić information content (AvgIpc) is 3.17. The van der Waals surface area contributed by atoms with Crippen LogP contribution in [0, 0.1) is 0 Å². The molecule has 0 fully saturated rings. The Morgan fingerprint density at radius 1 is 0.862 bits per heavy atom. The molecule has 6 nitrogen and oxygen atoms in total. The Labute approximate surface area is 169 Å². The summed E-state index contributed by atoms with van der Waals surface area (Å²) in [6.45, 7) is 3.60. The molecule has 0 bridgehead atoms. The molecule has 0 spiro atoms. The minimum atomic E-state index is -1.91. The number of aliphatic imine (C=N–C) groups is 1. The van der Waals surface area contributed by atoms with Crippen molar-refractivity contribution in [2.24, 2.45) is 4.99 Å². The topological polar surface area (TPSA) is 74.2 Å². The number of ether oxygens (including phenoxy) is 3. The van der Waals surface area contributed by atoms with Crippen LogP contribution in [-0.4, -0.2) is 43.5 Å². The Bertz CT molecular complexity index is 927. The van der Waals surface area contributed by atoms with Gasteiger partial charge in [-0.2, -0.15) is 0 Å². The summed E-state index contributed by atoms with van der Waals surface area (Å²) in [5, 5.41) is 0. The number of methoxy groups -OCH3 is 1. The molecule has 2 aromatic rings. The number of esters is 2. The van der Waals surface area contributed by atoms with Crippen LogP contribution in [-0.2, 0) is 19.1 Å². The number of carbonyl (C=O) groups is 2. The van der Waals surface area contributed by atoms with Gasteiger partial charge in [0.15, 0.2) is 0 Å². The van der Waals surface area contributed by atoms with E-state index in [2.05, 4.69) is 4.99 Å². The van der Waals surface area contributed by atoms with Crippen molar-refractivity contribution in [3.05, 3.63) is 71.8 Å². The maximum Gasteiger partial charge on any atom is 0.350 e. The van der Waals surface area contributed by atoms with Crippen molar-refractivity contribution >= 4 is 23.2 Å². The van der Waals surface area contributed by atoms with Crippen LogP contribution in [0.2, 0.25) is 0 Å². The van der Waals surface area contributed by atoms with E-state index in [4.69, 9.17) is 14.2 Å². The summed E-state index contributed by atoms with van der Waals surface area (Å²) in [5.74, 6) is -0.854. The molecule has 29 heavy (non-hydrogen) atoms. The molecule has 3 rings (SSSR count). The van der Waals surface area contributed by atoms with Crippen LogP contribution in [0.15, 0.2) is 65.7 Å². The molecule has 1 aliphatic rings. The lowest BCUT2D eigenvalue weighted by molar-refractivity contribution is -0.160. The third kappa shape index (κ3) is 3.78. The highest BCUT2D eigenvalue weighted by atomic mass is 16.6. The van der Waals surface area contributed by atoms with Gasteiger partial charge in [-0.15, -0.1) is 0 Å². The molecule has 0 amide bonds. The Balaban J connectivity index is 2.21. The van der Waals surface area contributed by atoms with Gasteiger partial charge in [-0.05, 0) is 43.2 Å². The standard InChI is InChI=1S/C23H23NO5/c1-4-28-21(25)23(22(26)29-5-2)19(16-11-13-18(27-3)14-12-16)15-20(24-23)17-9-7-6-8-10-17/h6-15H,4-5H2,1-3H3. The SMILES string of the molecule is CCOC(=O)C1(C(=O)OCC)N=C(c2ccccc2)C=C1c1ccc(OC)cc1. The minimum absolute atomic E-state index is 0.117. The second-order valence-electron chi connectivity index (χ2n) is 6.30. The summed E-state index contributed by atoms with van der Waals surface area (Å²) in [6, 6.07) is 16.4. The van der Waals surface area contributed by atoms with E-state index in [9.17, 15) is 9.59 Å². The van der Waals surface area contributed by atoms with Crippen LogP contribution >= 0.6 is 0 Å². The molecule has 0 unspecified atom stereocenters. The molecule has 1 aliphatic heterocycles. The number of rotatable bonds is 7. The van der Waals surface area contributed by atoms with Crippen LogP contribution in [0.4, 0.5) is 0 Å². The van der Waals surface area contributed by atoms with Gasteiger partial charge in [0.05, 0.1) is 26.0 Å². The lowest BCUT2D eigenvalue weighted by Crippen LogP contribution is -2.47. The quantitative estimate of drug-likeness (QED) is 0.532. The fourth-order valence-electron chi connectivity index (χ4n) is 3.20. The van der Waals surface area contributed by atoms with E-state index in [0.717, 1.165) is 5.56 Å². The van der Waals surface area contributed by atoms with Crippen molar-refractivity contribution in [1.29, 1.82) is 0 Å². The van der Waals surface area contributed by atoms with E-state index in [1.165, 1.54) is 0 Å². The van der Waals surface area contributed by atoms with E-state index in [-0.39, 0.29) is 13.2 Å². The van der Waals surface area contributed by atoms with Crippen molar-refractivity contribution in [3.8, 4) is 5.75 Å². The van der Waals surface area contributed by atoms with Crippen molar-refractivity contribution in [3.63, 3.8) is 0 Å². The molecule has 0 aliphatic carbocycles. The van der Waals surface area contributed by atoms with Crippen molar-refractivity contribution in [2.75, 3.05) is 20.3 Å². The van der Waals surface area contributed by atoms with Gasteiger partial charge in [-0.3, -0.25) is 4.99 Å². The van der Waals surface area contributed by atoms with Gasteiger partial charge in [0.25, 0.3) is 5.54 Å². The maximum absolute atomic E-state index is 13.1. The zero-order valence-corrected chi connectivity index (χ0v) is 16.7. The second-order valence-corrected chi connectivity index (χ2v) is 6.30. The molecule has 0 atom stereocenters. The van der Waals surface area contributed by atoms with Crippen molar-refractivity contribution < 1.29 is 23.8 Å². The molecular formula is C23H23NO5. The van der Waals surface area contributed by atoms with Gasteiger partial charge in [0, 0.05) is 5.57 Å². The van der Waals surface area contributed by atoms with Gasteiger partial charge in [0.1, 0.15) is 5.75 Å². The number of hydrogen-bond acceptors (Lipinski definition) is 6. The molecular weight excluding hydrogens is 370 g/mol. The van der Waals surface area contributed by atoms with Gasteiger partial charge in [-0.1, -0.05) is 42.5 Å². The second kappa shape index (κ2) is 8.73. The number of carbonyl (C=O) groups excluding carboxylic acids is 2. The number of hydrogen-bond donors (Lipinski definition) is 0. The van der Waals surface area contributed by atoms with Gasteiger partial charge in [0.2, 0.25) is 0 Å². The summed E-state index contributed by atoms with van der Waals surface area (Å²) in [7, 11) is 1.57. The first-order valence-corrected chi connectivity index (χ1v) is 9.43. The van der Waals surface area contributed by atoms with E-state index < -0.39 is 17.5 Å². The van der Waals surface area contributed by atoms with E-state index in [0.29, 0.717) is 22.6 Å². The Morgan fingerprint density at radius 2 is 1.45 bits per heavy atom. The Morgan fingerprint density at radius 3 is 1.97 bits per heavy atom. The predicted octanol–water partition coefficient (Wildman–Crippen LogP) is 3.45. The van der Waals surface area contributed by atoms with E-state index in [1.54, 1.807) is 51.3 Å². The Hall–Kier alpha value is -3.41. The summed E-state index contributed by atoms with van der Waals surface area (Å²) in [4.78, 5) is 30.7. The molecule has 0 saturated carbocycles. The smallest absolute Gasteiger partial charge is 0.350 e. The summed E-state index contributed by atoms with van der Waals surface area (Å²) < 4.78 is 15.7. The molecule has 0 saturated heterocycles. The molecule has 0 aromatic heterocycles. The summed E-state index contributed by atoms with van der Waals surface area (Å²) in [6.07, 6.45) is 1.74. The lowest BCUT2D eigenvalue weighted by Gasteiger charge is -2.25. The van der Waals surface area contributed by atoms with Crippen molar-refractivity contribution in [2.45, 2.75) is 19.4 Å². The lowest BCUT2D eigenvalue weighted by atomic mass is 9.86. The van der Waals surface area contributed by atoms with Crippen LogP contribution in [0.3, 0.4) is 0 Å². The molecule has 1 heterocycles. The number of allylic oxidation sites excluding steroid dienone is 1.